The molecule has 132 valence electrons. The summed E-state index contributed by atoms with van der Waals surface area (Å²) in [7, 11) is 0. The van der Waals surface area contributed by atoms with E-state index in [0.29, 0.717) is 31.5 Å². The van der Waals surface area contributed by atoms with Crippen molar-refractivity contribution >= 4 is 23.8 Å². The van der Waals surface area contributed by atoms with Crippen LogP contribution in [0.25, 0.3) is 0 Å². The summed E-state index contributed by atoms with van der Waals surface area (Å²) < 4.78 is 0. The molecule has 3 N–H and O–H groups in total. The summed E-state index contributed by atoms with van der Waals surface area (Å²) in [5.41, 5.74) is -0.372. The van der Waals surface area contributed by atoms with E-state index in [1.165, 1.54) is 24.3 Å². The largest absolute Gasteiger partial charge is 0.478 e. The number of likely N-dealkylation sites (tertiary alicyclic amines) is 1. The monoisotopic (exact) mass is 345 g/mol. The number of carboxylic acids is 1. The van der Waals surface area contributed by atoms with E-state index >= 15 is 0 Å². The van der Waals surface area contributed by atoms with Gasteiger partial charge in [0.05, 0.1) is 5.56 Å². The number of hydrogen-bond donors (Lipinski definition) is 3. The molecule has 1 aromatic rings. The van der Waals surface area contributed by atoms with Crippen molar-refractivity contribution in [3.05, 3.63) is 35.4 Å². The highest BCUT2D eigenvalue weighted by Gasteiger charge is 2.48. The minimum atomic E-state index is -1.04. The third kappa shape index (κ3) is 3.07. The zero-order valence-electron chi connectivity index (χ0n) is 13.7. The van der Waals surface area contributed by atoms with E-state index in [-0.39, 0.29) is 23.3 Å². The first-order valence-corrected chi connectivity index (χ1v) is 8.07. The maximum Gasteiger partial charge on any atom is 0.335 e. The van der Waals surface area contributed by atoms with Crippen molar-refractivity contribution in [2.75, 3.05) is 13.1 Å². The Balaban J connectivity index is 1.64. The Bertz CT molecular complexity index is 737. The summed E-state index contributed by atoms with van der Waals surface area (Å²) in [6.07, 6.45) is 1.20. The standard InChI is InChI=1S/C17H19N3O5/c1-17(15(24)18-16(25)19-17)12-6-8-20(9-7-12)13(21)10-2-4-11(5-3-10)14(22)23/h2-5,12H,6-9H2,1H3,(H,22,23)(H2,18,19,24,25)/t17-/m1/s1. The number of imide groups is 1. The van der Waals surface area contributed by atoms with Crippen LogP contribution >= 0.6 is 0 Å². The fraction of sp³-hybridized carbons (Fsp3) is 0.412. The molecular formula is C17H19N3O5. The number of amides is 4. The Morgan fingerprint density at radius 1 is 1.12 bits per heavy atom. The Morgan fingerprint density at radius 3 is 2.16 bits per heavy atom. The molecule has 0 aromatic heterocycles. The summed E-state index contributed by atoms with van der Waals surface area (Å²) in [5, 5.41) is 13.8. The fourth-order valence-electron chi connectivity index (χ4n) is 3.44. The number of carboxylic acid groups (broad SMARTS) is 1. The average Bonchev–Trinajstić information content (AvgIpc) is 2.87. The fourth-order valence-corrected chi connectivity index (χ4v) is 3.44. The molecule has 3 rings (SSSR count). The number of hydrogen-bond acceptors (Lipinski definition) is 4. The zero-order valence-corrected chi connectivity index (χ0v) is 13.7. The highest BCUT2D eigenvalue weighted by atomic mass is 16.4. The molecule has 0 radical (unpaired) electrons. The number of aromatic carboxylic acids is 1. The quantitative estimate of drug-likeness (QED) is 0.702. The number of urea groups is 1. The van der Waals surface area contributed by atoms with Gasteiger partial charge in [0.2, 0.25) is 0 Å². The van der Waals surface area contributed by atoms with Crippen molar-refractivity contribution in [2.45, 2.75) is 25.3 Å². The van der Waals surface area contributed by atoms with Crippen LogP contribution in [0.5, 0.6) is 0 Å². The highest BCUT2D eigenvalue weighted by molar-refractivity contribution is 6.07. The lowest BCUT2D eigenvalue weighted by atomic mass is 9.79. The average molecular weight is 345 g/mol. The number of piperidine rings is 1. The van der Waals surface area contributed by atoms with Gasteiger partial charge in [-0.1, -0.05) is 0 Å². The van der Waals surface area contributed by atoms with Gasteiger partial charge in [0.25, 0.3) is 11.8 Å². The molecule has 25 heavy (non-hydrogen) atoms. The maximum absolute atomic E-state index is 12.5. The predicted octanol–water partition coefficient (Wildman–Crippen LogP) is 0.835. The molecule has 0 bridgehead atoms. The van der Waals surface area contributed by atoms with Gasteiger partial charge in [0.1, 0.15) is 5.54 Å². The third-order valence-corrected chi connectivity index (χ3v) is 5.05. The number of carbonyl (C=O) groups excluding carboxylic acids is 3. The van der Waals surface area contributed by atoms with Gasteiger partial charge in [-0.2, -0.15) is 0 Å². The molecule has 2 saturated heterocycles. The van der Waals surface area contributed by atoms with E-state index < -0.39 is 17.5 Å². The summed E-state index contributed by atoms with van der Waals surface area (Å²) >= 11 is 0. The van der Waals surface area contributed by atoms with Crippen LogP contribution < -0.4 is 10.6 Å². The SMILES string of the molecule is C[C@]1(C2CCN(C(=O)c3ccc(C(=O)O)cc3)CC2)NC(=O)NC1=O. The third-order valence-electron chi connectivity index (χ3n) is 5.05. The van der Waals surface area contributed by atoms with E-state index in [1.807, 2.05) is 0 Å². The summed E-state index contributed by atoms with van der Waals surface area (Å²) in [6.45, 7) is 2.66. The Labute approximate surface area is 144 Å². The van der Waals surface area contributed by atoms with Crippen molar-refractivity contribution < 1.29 is 24.3 Å². The number of rotatable bonds is 3. The molecule has 1 atom stereocenters. The lowest BCUT2D eigenvalue weighted by Crippen LogP contribution is -2.54. The van der Waals surface area contributed by atoms with Gasteiger partial charge in [-0.15, -0.1) is 0 Å². The second kappa shape index (κ2) is 6.19. The van der Waals surface area contributed by atoms with Crippen LogP contribution in [-0.2, 0) is 4.79 Å². The Hall–Kier alpha value is -2.90. The lowest BCUT2D eigenvalue weighted by molar-refractivity contribution is -0.125. The molecule has 0 aliphatic carbocycles. The number of nitrogens with zero attached hydrogens (tertiary/aromatic N) is 1. The van der Waals surface area contributed by atoms with Gasteiger partial charge in [0, 0.05) is 18.7 Å². The first kappa shape index (κ1) is 16.9. The zero-order chi connectivity index (χ0) is 18.2. The van der Waals surface area contributed by atoms with Crippen molar-refractivity contribution in [3.63, 3.8) is 0 Å². The van der Waals surface area contributed by atoms with Gasteiger partial charge in [-0.25, -0.2) is 9.59 Å². The number of benzene rings is 1. The maximum atomic E-state index is 12.5. The molecule has 2 fully saturated rings. The highest BCUT2D eigenvalue weighted by Crippen LogP contribution is 2.31. The molecule has 8 nitrogen and oxygen atoms in total. The first-order chi connectivity index (χ1) is 11.8. The van der Waals surface area contributed by atoms with Crippen LogP contribution in [0.2, 0.25) is 0 Å². The molecule has 2 aliphatic rings. The van der Waals surface area contributed by atoms with Gasteiger partial charge in [0.15, 0.2) is 0 Å². The smallest absolute Gasteiger partial charge is 0.335 e. The van der Waals surface area contributed by atoms with Gasteiger partial charge >= 0.3 is 12.0 Å². The van der Waals surface area contributed by atoms with Crippen LogP contribution in [0, 0.1) is 5.92 Å². The summed E-state index contributed by atoms with van der Waals surface area (Å²) in [6, 6.07) is 5.33. The van der Waals surface area contributed by atoms with E-state index in [0.717, 1.165) is 0 Å². The first-order valence-electron chi connectivity index (χ1n) is 8.07. The van der Waals surface area contributed by atoms with Crippen LogP contribution in [-0.4, -0.2) is 52.4 Å². The molecule has 4 amide bonds. The second-order valence-electron chi connectivity index (χ2n) is 6.56. The Morgan fingerprint density at radius 2 is 1.68 bits per heavy atom. The molecule has 1 aromatic carbocycles. The van der Waals surface area contributed by atoms with E-state index in [4.69, 9.17) is 5.11 Å². The van der Waals surface area contributed by atoms with Crippen molar-refractivity contribution in [1.29, 1.82) is 0 Å². The van der Waals surface area contributed by atoms with Crippen LogP contribution in [0.1, 0.15) is 40.5 Å². The van der Waals surface area contributed by atoms with Crippen LogP contribution in [0.3, 0.4) is 0 Å². The lowest BCUT2D eigenvalue weighted by Gasteiger charge is -2.38. The predicted molar refractivity (Wildman–Crippen MR) is 87.1 cm³/mol. The van der Waals surface area contributed by atoms with E-state index in [9.17, 15) is 19.2 Å². The normalized spacial score (nSPS) is 24.0. The molecular weight excluding hydrogens is 326 g/mol. The molecule has 0 spiro atoms. The topological polar surface area (TPSA) is 116 Å². The van der Waals surface area contributed by atoms with E-state index in [2.05, 4.69) is 10.6 Å². The van der Waals surface area contributed by atoms with Gasteiger partial charge < -0.3 is 15.3 Å². The minimum Gasteiger partial charge on any atom is -0.478 e. The number of carbonyl (C=O) groups is 4. The van der Waals surface area contributed by atoms with Crippen molar-refractivity contribution in [1.82, 2.24) is 15.5 Å². The summed E-state index contributed by atoms with van der Waals surface area (Å²) in [5.74, 6) is -1.57. The van der Waals surface area contributed by atoms with Crippen molar-refractivity contribution in [3.8, 4) is 0 Å². The minimum absolute atomic E-state index is 0.0441. The second-order valence-corrected chi connectivity index (χ2v) is 6.56. The number of nitrogens with one attached hydrogen (secondary N) is 2. The molecule has 2 heterocycles. The van der Waals surface area contributed by atoms with E-state index in [1.54, 1.807) is 11.8 Å². The molecule has 0 unspecified atom stereocenters. The van der Waals surface area contributed by atoms with Gasteiger partial charge in [-0.3, -0.25) is 14.9 Å². The van der Waals surface area contributed by atoms with Gasteiger partial charge in [-0.05, 0) is 49.9 Å². The Kier molecular flexibility index (Phi) is 4.20. The molecule has 8 heteroatoms. The summed E-state index contributed by atoms with van der Waals surface area (Å²) in [4.78, 5) is 48.5. The molecule has 2 aliphatic heterocycles. The van der Waals surface area contributed by atoms with Crippen molar-refractivity contribution in [2.24, 2.45) is 5.92 Å². The van der Waals surface area contributed by atoms with Crippen LogP contribution in [0.4, 0.5) is 4.79 Å². The molecule has 0 saturated carbocycles. The van der Waals surface area contributed by atoms with Crippen LogP contribution in [0.15, 0.2) is 24.3 Å².